The van der Waals surface area contributed by atoms with Crippen LogP contribution in [-0.4, -0.2) is 38.2 Å². The van der Waals surface area contributed by atoms with Crippen molar-refractivity contribution in [3.63, 3.8) is 0 Å². The highest BCUT2D eigenvalue weighted by Gasteiger charge is 2.37. The van der Waals surface area contributed by atoms with Crippen LogP contribution in [0.15, 0.2) is 24.5 Å². The topological polar surface area (TPSA) is 110 Å². The number of rotatable bonds is 4. The summed E-state index contributed by atoms with van der Waals surface area (Å²) in [4.78, 5) is 11.2. The van der Waals surface area contributed by atoms with E-state index in [1.54, 1.807) is 6.07 Å². The number of H-pyrrole nitrogens is 1. The maximum atomic E-state index is 13.9. The van der Waals surface area contributed by atoms with E-state index in [0.29, 0.717) is 23.0 Å². The van der Waals surface area contributed by atoms with Gasteiger partial charge in [0.1, 0.15) is 5.56 Å². The Bertz CT molecular complexity index is 1260. The van der Waals surface area contributed by atoms with Gasteiger partial charge in [0.2, 0.25) is 5.95 Å². The van der Waals surface area contributed by atoms with Gasteiger partial charge in [-0.25, -0.2) is 9.97 Å². The van der Waals surface area contributed by atoms with Crippen LogP contribution in [0.3, 0.4) is 0 Å². The van der Waals surface area contributed by atoms with Crippen LogP contribution in [0.25, 0.3) is 22.2 Å². The van der Waals surface area contributed by atoms with E-state index in [1.807, 2.05) is 6.07 Å². The summed E-state index contributed by atoms with van der Waals surface area (Å²) in [6.07, 6.45) is -0.711. The van der Waals surface area contributed by atoms with Gasteiger partial charge in [-0.1, -0.05) is 6.07 Å². The van der Waals surface area contributed by atoms with E-state index in [2.05, 4.69) is 39.4 Å². The quantitative estimate of drug-likeness (QED) is 0.439. The zero-order valence-corrected chi connectivity index (χ0v) is 19.4. The third-order valence-corrected chi connectivity index (χ3v) is 6.22. The van der Waals surface area contributed by atoms with E-state index in [4.69, 9.17) is 0 Å². The van der Waals surface area contributed by atoms with Crippen LogP contribution in [0.1, 0.15) is 57.2 Å². The molecule has 2 aromatic heterocycles. The molecule has 0 spiro atoms. The number of hydrogen-bond acceptors (Lipinski definition) is 6. The fourth-order valence-corrected chi connectivity index (χ4v) is 4.42. The van der Waals surface area contributed by atoms with Gasteiger partial charge < -0.3 is 20.7 Å². The molecule has 0 bridgehead atoms. The van der Waals surface area contributed by atoms with Gasteiger partial charge in [0.25, 0.3) is 0 Å². The number of nitriles is 1. The van der Waals surface area contributed by atoms with Gasteiger partial charge in [-0.3, -0.25) is 0 Å². The molecule has 0 aliphatic carbocycles. The van der Waals surface area contributed by atoms with Crippen LogP contribution in [0.5, 0.6) is 0 Å². The summed E-state index contributed by atoms with van der Waals surface area (Å²) in [6, 6.07) is 5.09. The first-order valence-corrected chi connectivity index (χ1v) is 11.0. The van der Waals surface area contributed by atoms with Crippen LogP contribution in [0, 0.1) is 11.3 Å². The second kappa shape index (κ2) is 8.25. The third-order valence-electron chi connectivity index (χ3n) is 6.22. The van der Waals surface area contributed by atoms with Crippen LogP contribution in [0.4, 0.5) is 19.1 Å². The fourth-order valence-electron chi connectivity index (χ4n) is 4.42. The molecule has 4 N–H and O–H groups in total. The molecule has 10 heteroatoms. The summed E-state index contributed by atoms with van der Waals surface area (Å²) in [6.45, 7) is 7.90. The minimum atomic E-state index is -4.67. The van der Waals surface area contributed by atoms with E-state index in [1.165, 1.54) is 26.1 Å². The molecule has 1 atom stereocenters. The lowest BCUT2D eigenvalue weighted by molar-refractivity contribution is -0.137. The highest BCUT2D eigenvalue weighted by molar-refractivity contribution is 5.98. The molecule has 1 saturated heterocycles. The van der Waals surface area contributed by atoms with Crippen LogP contribution in [-0.2, 0) is 11.8 Å². The van der Waals surface area contributed by atoms with Crippen molar-refractivity contribution in [1.29, 1.82) is 5.26 Å². The number of hydrogen-bond donors (Lipinski definition) is 4. The number of fused-ring (bicyclic) bond motifs is 1. The zero-order chi connectivity index (χ0) is 24.9. The van der Waals surface area contributed by atoms with Crippen molar-refractivity contribution >= 4 is 16.9 Å². The lowest BCUT2D eigenvalue weighted by Gasteiger charge is -2.36. The summed E-state index contributed by atoms with van der Waals surface area (Å²) in [5.74, 6) is 0.111. The smallest absolute Gasteiger partial charge is 0.386 e. The number of alkyl halides is 3. The average molecular weight is 473 g/mol. The SMILES string of the molecule is CC1(C)CC[C@H](Nc2ncc(C(F)(F)F)c(-c3c[nH]c4c(C(C)(C)O)c(C#N)ccc34)n2)CN1. The molecular formula is C24H27F3N6O. The Balaban J connectivity index is 1.81. The van der Waals surface area contributed by atoms with Crippen molar-refractivity contribution in [3.8, 4) is 17.3 Å². The first-order valence-electron chi connectivity index (χ1n) is 11.0. The van der Waals surface area contributed by atoms with Crippen molar-refractivity contribution in [3.05, 3.63) is 41.2 Å². The molecule has 4 rings (SSSR count). The number of aromatic nitrogens is 3. The third kappa shape index (κ3) is 4.58. The predicted molar refractivity (Wildman–Crippen MR) is 123 cm³/mol. The van der Waals surface area contributed by atoms with E-state index in [9.17, 15) is 23.5 Å². The number of aromatic amines is 1. The number of piperidine rings is 1. The number of nitrogens with one attached hydrogen (secondary N) is 3. The molecule has 1 aliphatic heterocycles. The van der Waals surface area contributed by atoms with Gasteiger partial charge in [0.05, 0.1) is 28.4 Å². The number of benzene rings is 1. The monoisotopic (exact) mass is 472 g/mol. The minimum absolute atomic E-state index is 0.00878. The largest absolute Gasteiger partial charge is 0.419 e. The molecule has 7 nitrogen and oxygen atoms in total. The molecule has 0 radical (unpaired) electrons. The maximum Gasteiger partial charge on any atom is 0.419 e. The second-order valence-electron chi connectivity index (χ2n) is 9.88. The van der Waals surface area contributed by atoms with Crippen molar-refractivity contribution in [2.75, 3.05) is 11.9 Å². The molecule has 1 fully saturated rings. The first kappa shape index (κ1) is 24.0. The molecule has 3 heterocycles. The Kier molecular flexibility index (Phi) is 5.82. The Morgan fingerprint density at radius 2 is 2.00 bits per heavy atom. The fraction of sp³-hybridized carbons (Fsp3) is 0.458. The lowest BCUT2D eigenvalue weighted by Crippen LogP contribution is -2.50. The summed E-state index contributed by atoms with van der Waals surface area (Å²) < 4.78 is 41.7. The van der Waals surface area contributed by atoms with Gasteiger partial charge in [-0.15, -0.1) is 0 Å². The van der Waals surface area contributed by atoms with E-state index < -0.39 is 17.3 Å². The molecule has 34 heavy (non-hydrogen) atoms. The Hall–Kier alpha value is -3.16. The second-order valence-corrected chi connectivity index (χ2v) is 9.88. The Morgan fingerprint density at radius 3 is 2.59 bits per heavy atom. The summed E-state index contributed by atoms with van der Waals surface area (Å²) in [5.41, 5.74) is -1.46. The van der Waals surface area contributed by atoms with Gasteiger partial charge in [-0.05, 0) is 46.6 Å². The van der Waals surface area contributed by atoms with Crippen LogP contribution < -0.4 is 10.6 Å². The predicted octanol–water partition coefficient (Wildman–Crippen LogP) is 4.69. The molecule has 1 aliphatic rings. The van der Waals surface area contributed by atoms with Crippen molar-refractivity contribution in [2.24, 2.45) is 0 Å². The average Bonchev–Trinajstić information content (AvgIpc) is 3.16. The van der Waals surface area contributed by atoms with Gasteiger partial charge >= 0.3 is 6.18 Å². The van der Waals surface area contributed by atoms with Crippen LogP contribution >= 0.6 is 0 Å². The molecule has 180 valence electrons. The summed E-state index contributed by atoms with van der Waals surface area (Å²) in [7, 11) is 0. The molecule has 0 amide bonds. The molecule has 0 unspecified atom stereocenters. The van der Waals surface area contributed by atoms with Crippen LogP contribution in [0.2, 0.25) is 0 Å². The molecule has 0 saturated carbocycles. The Labute approximate surface area is 195 Å². The van der Waals surface area contributed by atoms with Gasteiger partial charge in [0.15, 0.2) is 0 Å². The van der Waals surface area contributed by atoms with E-state index in [-0.39, 0.29) is 34.3 Å². The summed E-state index contributed by atoms with van der Waals surface area (Å²) in [5, 5.41) is 27.1. The van der Waals surface area contributed by atoms with Crippen molar-refractivity contribution in [1.82, 2.24) is 20.3 Å². The van der Waals surface area contributed by atoms with E-state index in [0.717, 1.165) is 19.0 Å². The van der Waals surface area contributed by atoms with Crippen molar-refractivity contribution in [2.45, 2.75) is 63.9 Å². The standard InChI is InChI=1S/C24H27F3N6O/c1-22(2)8-7-14(10-31-22)32-21-30-12-17(24(25,26)27)19(33-21)16-11-29-20-15(16)6-5-13(9-28)18(20)23(3,4)34/h5-6,11-12,14,29,31,34H,7-8,10H2,1-4H3,(H,30,32,33)/t14-/m0/s1. The Morgan fingerprint density at radius 1 is 1.26 bits per heavy atom. The maximum absolute atomic E-state index is 13.9. The number of nitrogens with zero attached hydrogens (tertiary/aromatic N) is 3. The minimum Gasteiger partial charge on any atom is -0.386 e. The van der Waals surface area contributed by atoms with Gasteiger partial charge in [0, 0.05) is 47.0 Å². The zero-order valence-electron chi connectivity index (χ0n) is 19.4. The lowest BCUT2D eigenvalue weighted by atomic mass is 9.90. The first-order chi connectivity index (χ1) is 15.8. The van der Waals surface area contributed by atoms with Crippen molar-refractivity contribution < 1.29 is 18.3 Å². The molecule has 3 aromatic rings. The highest BCUT2D eigenvalue weighted by Crippen LogP contribution is 2.41. The number of halogens is 3. The number of aliphatic hydroxyl groups is 1. The highest BCUT2D eigenvalue weighted by atomic mass is 19.4. The molecular weight excluding hydrogens is 445 g/mol. The normalized spacial score (nSPS) is 18.6. The summed E-state index contributed by atoms with van der Waals surface area (Å²) >= 11 is 0. The van der Waals surface area contributed by atoms with E-state index >= 15 is 0 Å². The number of anilines is 1. The molecule has 1 aromatic carbocycles. The van der Waals surface area contributed by atoms with Gasteiger partial charge in [-0.2, -0.15) is 18.4 Å².